The summed E-state index contributed by atoms with van der Waals surface area (Å²) in [6, 6.07) is 8.01. The lowest BCUT2D eigenvalue weighted by atomic mass is 9.72. The first-order valence-electron chi connectivity index (χ1n) is 8.35. The lowest BCUT2D eigenvalue weighted by molar-refractivity contribution is -0.161. The Morgan fingerprint density at radius 1 is 1.25 bits per heavy atom. The van der Waals surface area contributed by atoms with E-state index < -0.39 is 5.41 Å². The van der Waals surface area contributed by atoms with Crippen molar-refractivity contribution in [2.24, 2.45) is 5.41 Å². The molecule has 1 aliphatic carbocycles. The maximum absolute atomic E-state index is 12.7. The van der Waals surface area contributed by atoms with Crippen molar-refractivity contribution in [3.8, 4) is 0 Å². The Morgan fingerprint density at radius 3 is 2.71 bits per heavy atom. The van der Waals surface area contributed by atoms with E-state index in [1.165, 1.54) is 7.05 Å². The van der Waals surface area contributed by atoms with Crippen LogP contribution in [0.4, 0.5) is 0 Å². The fourth-order valence-electron chi connectivity index (χ4n) is 3.32. The molecule has 1 aromatic heterocycles. The maximum Gasteiger partial charge on any atom is 0.313 e. The van der Waals surface area contributed by atoms with E-state index in [1.54, 1.807) is 11.3 Å². The molecule has 1 aliphatic rings. The van der Waals surface area contributed by atoms with Crippen LogP contribution in [0.2, 0.25) is 0 Å². The van der Waals surface area contributed by atoms with Crippen LogP contribution in [0.15, 0.2) is 24.3 Å². The van der Waals surface area contributed by atoms with Gasteiger partial charge in [-0.05, 0) is 25.0 Å². The summed E-state index contributed by atoms with van der Waals surface area (Å²) in [4.78, 5) is 28.8. The van der Waals surface area contributed by atoms with Gasteiger partial charge in [0.05, 0.1) is 20.6 Å². The molecule has 0 saturated heterocycles. The third-order valence-corrected chi connectivity index (χ3v) is 5.72. The molecule has 1 fully saturated rings. The van der Waals surface area contributed by atoms with Crippen molar-refractivity contribution in [2.45, 2.75) is 38.5 Å². The van der Waals surface area contributed by atoms with Gasteiger partial charge < -0.3 is 10.1 Å². The second-order valence-electron chi connectivity index (χ2n) is 6.34. The molecule has 5 nitrogen and oxygen atoms in total. The van der Waals surface area contributed by atoms with Gasteiger partial charge >= 0.3 is 5.97 Å². The highest BCUT2D eigenvalue weighted by Gasteiger charge is 2.42. The van der Waals surface area contributed by atoms with Gasteiger partial charge in [0, 0.05) is 13.5 Å². The minimum absolute atomic E-state index is 0.211. The molecule has 0 aliphatic heterocycles. The number of amides is 1. The molecule has 0 atom stereocenters. The highest BCUT2D eigenvalue weighted by Crippen LogP contribution is 2.41. The predicted molar refractivity (Wildman–Crippen MR) is 93.9 cm³/mol. The van der Waals surface area contributed by atoms with Crippen molar-refractivity contribution in [1.29, 1.82) is 0 Å². The fraction of sp³-hybridized carbons (Fsp3) is 0.500. The van der Waals surface area contributed by atoms with Gasteiger partial charge in [-0.3, -0.25) is 9.59 Å². The Kier molecular flexibility index (Phi) is 5.14. The number of fused-ring (bicyclic) bond motifs is 1. The second kappa shape index (κ2) is 7.30. The number of likely N-dealkylation sites (N-methyl/N-ethyl adjacent to an activating group) is 1. The number of nitrogens with one attached hydrogen (secondary N) is 1. The first-order valence-corrected chi connectivity index (χ1v) is 9.17. The van der Waals surface area contributed by atoms with E-state index >= 15 is 0 Å². The van der Waals surface area contributed by atoms with E-state index in [-0.39, 0.29) is 18.5 Å². The first-order chi connectivity index (χ1) is 11.6. The highest BCUT2D eigenvalue weighted by atomic mass is 32.1. The van der Waals surface area contributed by atoms with Crippen molar-refractivity contribution < 1.29 is 14.3 Å². The van der Waals surface area contributed by atoms with E-state index in [4.69, 9.17) is 4.74 Å². The molecule has 1 heterocycles. The van der Waals surface area contributed by atoms with Crippen molar-refractivity contribution in [2.75, 3.05) is 13.7 Å². The summed E-state index contributed by atoms with van der Waals surface area (Å²) in [7, 11) is 1.54. The van der Waals surface area contributed by atoms with Gasteiger partial charge in [0.1, 0.15) is 0 Å². The van der Waals surface area contributed by atoms with Crippen molar-refractivity contribution >= 4 is 33.4 Å². The van der Waals surface area contributed by atoms with Crippen LogP contribution in [-0.4, -0.2) is 30.5 Å². The van der Waals surface area contributed by atoms with E-state index in [9.17, 15) is 9.59 Å². The number of esters is 1. The van der Waals surface area contributed by atoms with Crippen LogP contribution in [0.5, 0.6) is 0 Å². The number of carbonyl (C=O) groups is 2. The molecule has 0 spiro atoms. The maximum atomic E-state index is 12.7. The van der Waals surface area contributed by atoms with E-state index in [1.807, 2.05) is 24.3 Å². The summed E-state index contributed by atoms with van der Waals surface area (Å²) in [5, 5.41) is 3.44. The number of carbonyl (C=O) groups excluding carboxylic acids is 2. The van der Waals surface area contributed by atoms with Gasteiger partial charge in [0.15, 0.2) is 6.61 Å². The summed E-state index contributed by atoms with van der Waals surface area (Å²) in [5.41, 5.74) is 0.433. The Labute approximate surface area is 145 Å². The molecule has 1 aromatic carbocycles. The van der Waals surface area contributed by atoms with Crippen LogP contribution in [0.3, 0.4) is 0 Å². The Morgan fingerprint density at radius 2 is 2.00 bits per heavy atom. The fourth-order valence-corrected chi connectivity index (χ4v) is 4.43. The quantitative estimate of drug-likeness (QED) is 0.845. The van der Waals surface area contributed by atoms with Gasteiger partial charge in [0.25, 0.3) is 5.91 Å². The molecule has 1 amide bonds. The molecule has 6 heteroatoms. The van der Waals surface area contributed by atoms with Crippen LogP contribution in [0, 0.1) is 5.41 Å². The van der Waals surface area contributed by atoms with Gasteiger partial charge in [-0.1, -0.05) is 31.4 Å². The standard InChI is InChI=1S/C18H22N2O3S/c1-19-15(21)12-23-17(22)18(9-5-2-6-10-18)11-16-20-13-7-3-4-8-14(13)24-16/h3-4,7-8H,2,5-6,9-12H2,1H3,(H,19,21). The number of para-hydroxylation sites is 1. The topological polar surface area (TPSA) is 68.3 Å². The second-order valence-corrected chi connectivity index (χ2v) is 7.46. The minimum Gasteiger partial charge on any atom is -0.455 e. The van der Waals surface area contributed by atoms with Crippen LogP contribution < -0.4 is 5.32 Å². The normalized spacial score (nSPS) is 16.7. The molecule has 1 N–H and O–H groups in total. The van der Waals surface area contributed by atoms with E-state index in [0.29, 0.717) is 6.42 Å². The number of hydrogen-bond acceptors (Lipinski definition) is 5. The molecular weight excluding hydrogens is 324 g/mol. The smallest absolute Gasteiger partial charge is 0.313 e. The summed E-state index contributed by atoms with van der Waals surface area (Å²) in [6.07, 6.45) is 5.37. The number of nitrogens with zero attached hydrogens (tertiary/aromatic N) is 1. The summed E-state index contributed by atoms with van der Waals surface area (Å²) in [5.74, 6) is -0.542. The average Bonchev–Trinajstić information content (AvgIpc) is 3.02. The predicted octanol–water partition coefficient (Wildman–Crippen LogP) is 3.08. The first kappa shape index (κ1) is 16.9. The molecule has 1 saturated carbocycles. The zero-order valence-electron chi connectivity index (χ0n) is 13.8. The van der Waals surface area contributed by atoms with E-state index in [2.05, 4.69) is 10.3 Å². The van der Waals surface area contributed by atoms with Gasteiger partial charge in [0.2, 0.25) is 0 Å². The molecule has 0 bridgehead atoms. The molecule has 0 unspecified atom stereocenters. The zero-order chi connectivity index (χ0) is 17.0. The molecule has 0 radical (unpaired) electrons. The Balaban J connectivity index is 1.79. The number of aromatic nitrogens is 1. The zero-order valence-corrected chi connectivity index (χ0v) is 14.7. The Hall–Kier alpha value is -1.95. The van der Waals surface area contributed by atoms with Gasteiger partial charge in [-0.2, -0.15) is 0 Å². The molecular formula is C18H22N2O3S. The summed E-state index contributed by atoms with van der Waals surface area (Å²) < 4.78 is 6.45. The third-order valence-electron chi connectivity index (χ3n) is 4.68. The van der Waals surface area contributed by atoms with Gasteiger partial charge in [-0.25, -0.2) is 4.98 Å². The number of rotatable bonds is 5. The van der Waals surface area contributed by atoms with E-state index in [0.717, 1.165) is 47.3 Å². The van der Waals surface area contributed by atoms with Crippen LogP contribution in [-0.2, 0) is 20.7 Å². The largest absolute Gasteiger partial charge is 0.455 e. The third kappa shape index (κ3) is 3.59. The average molecular weight is 346 g/mol. The summed E-state index contributed by atoms with van der Waals surface area (Å²) in [6.45, 7) is -0.211. The number of benzene rings is 1. The SMILES string of the molecule is CNC(=O)COC(=O)C1(Cc2nc3ccccc3s2)CCCCC1. The van der Waals surface area contributed by atoms with Crippen molar-refractivity contribution in [1.82, 2.24) is 10.3 Å². The highest BCUT2D eigenvalue weighted by molar-refractivity contribution is 7.18. The van der Waals surface area contributed by atoms with Crippen LogP contribution in [0.25, 0.3) is 10.2 Å². The number of thiazole rings is 1. The molecule has 3 rings (SSSR count). The monoisotopic (exact) mass is 346 g/mol. The molecule has 2 aromatic rings. The van der Waals surface area contributed by atoms with Crippen LogP contribution in [0.1, 0.15) is 37.1 Å². The lowest BCUT2D eigenvalue weighted by Crippen LogP contribution is -2.39. The number of hydrogen-bond donors (Lipinski definition) is 1. The van der Waals surface area contributed by atoms with Gasteiger partial charge in [-0.15, -0.1) is 11.3 Å². The Bertz CT molecular complexity index is 702. The summed E-state index contributed by atoms with van der Waals surface area (Å²) >= 11 is 1.64. The molecule has 128 valence electrons. The molecule has 24 heavy (non-hydrogen) atoms. The lowest BCUT2D eigenvalue weighted by Gasteiger charge is -2.34. The van der Waals surface area contributed by atoms with Crippen molar-refractivity contribution in [3.05, 3.63) is 29.3 Å². The van der Waals surface area contributed by atoms with Crippen LogP contribution >= 0.6 is 11.3 Å². The number of ether oxygens (including phenoxy) is 1. The minimum atomic E-state index is -0.542. The van der Waals surface area contributed by atoms with Crippen molar-refractivity contribution in [3.63, 3.8) is 0 Å².